The molecular formula is C9H18N4S. The smallest absolute Gasteiger partial charge is 0.220 e. The zero-order valence-corrected chi connectivity index (χ0v) is 9.60. The highest BCUT2D eigenvalue weighted by Crippen LogP contribution is 2.17. The lowest BCUT2D eigenvalue weighted by Crippen LogP contribution is -2.09. The number of nitrogens with zero attached hydrogens (tertiary/aromatic N) is 2. The molecule has 4 nitrogen and oxygen atoms in total. The highest BCUT2D eigenvalue weighted by Gasteiger charge is 2.09. The fraction of sp³-hybridized carbons (Fsp3) is 0.778. The van der Waals surface area contributed by atoms with Gasteiger partial charge in [0.1, 0.15) is 0 Å². The molecule has 0 amide bonds. The molecule has 0 aliphatic rings. The molecule has 1 heterocycles. The van der Waals surface area contributed by atoms with E-state index in [4.69, 9.17) is 18.0 Å². The molecule has 3 N–H and O–H groups in total. The Hall–Kier alpha value is -0.840. The van der Waals surface area contributed by atoms with E-state index < -0.39 is 0 Å². The minimum atomic E-state index is 0.341. The number of nitrogens with two attached hydrogens (primary N) is 1. The molecule has 1 aromatic rings. The molecule has 1 atom stereocenters. The van der Waals surface area contributed by atoms with Gasteiger partial charge in [-0.3, -0.25) is 4.57 Å². The summed E-state index contributed by atoms with van der Waals surface area (Å²) in [6, 6.07) is 0.341. The number of hydrogen-bond donors (Lipinski definition) is 2. The van der Waals surface area contributed by atoms with E-state index in [-0.39, 0.29) is 0 Å². The van der Waals surface area contributed by atoms with Crippen LogP contribution in [0.5, 0.6) is 0 Å². The zero-order chi connectivity index (χ0) is 10.6. The Bertz CT molecular complexity index is 328. The van der Waals surface area contributed by atoms with Crippen LogP contribution in [0.1, 0.15) is 45.6 Å². The predicted octanol–water partition coefficient (Wildman–Crippen LogP) is 2.66. The maximum Gasteiger partial charge on any atom is 0.220 e. The van der Waals surface area contributed by atoms with Crippen molar-refractivity contribution in [1.29, 1.82) is 0 Å². The molecule has 0 bridgehead atoms. The Balaban J connectivity index is 2.60. The number of hydrogen-bond acceptors (Lipinski definition) is 3. The zero-order valence-electron chi connectivity index (χ0n) is 8.79. The largest absolute Gasteiger partial charge is 0.368 e. The van der Waals surface area contributed by atoms with Gasteiger partial charge in [0.05, 0.1) is 0 Å². The van der Waals surface area contributed by atoms with Crippen molar-refractivity contribution in [2.24, 2.45) is 0 Å². The van der Waals surface area contributed by atoms with E-state index in [0.29, 0.717) is 16.8 Å². The fourth-order valence-electron chi connectivity index (χ4n) is 1.56. The molecule has 0 radical (unpaired) electrons. The Kier molecular flexibility index (Phi) is 4.13. The topological polar surface area (TPSA) is 59.6 Å². The molecule has 0 aromatic carbocycles. The van der Waals surface area contributed by atoms with Crippen molar-refractivity contribution >= 4 is 18.2 Å². The number of anilines is 1. The first kappa shape index (κ1) is 11.2. The summed E-state index contributed by atoms with van der Waals surface area (Å²) < 4.78 is 2.50. The third-order valence-electron chi connectivity index (χ3n) is 2.40. The molecule has 1 unspecified atom stereocenters. The summed E-state index contributed by atoms with van der Waals surface area (Å²) in [7, 11) is 0. The molecule has 14 heavy (non-hydrogen) atoms. The third kappa shape index (κ3) is 2.57. The molecule has 1 aromatic heterocycles. The van der Waals surface area contributed by atoms with Gasteiger partial charge in [0.15, 0.2) is 4.77 Å². The van der Waals surface area contributed by atoms with Crippen LogP contribution in [0.2, 0.25) is 0 Å². The molecule has 0 spiro atoms. The van der Waals surface area contributed by atoms with Crippen LogP contribution >= 0.6 is 12.2 Å². The number of unbranched alkanes of at least 4 members (excludes halogenated alkanes) is 2. The lowest BCUT2D eigenvalue weighted by atomic mass is 10.1. The van der Waals surface area contributed by atoms with Crippen molar-refractivity contribution in [2.75, 3.05) is 5.73 Å². The first-order chi connectivity index (χ1) is 6.66. The number of rotatable bonds is 5. The highest BCUT2D eigenvalue weighted by atomic mass is 32.1. The fourth-order valence-corrected chi connectivity index (χ4v) is 1.88. The van der Waals surface area contributed by atoms with Crippen molar-refractivity contribution in [2.45, 2.75) is 45.6 Å². The minimum Gasteiger partial charge on any atom is -0.368 e. The Morgan fingerprint density at radius 1 is 1.57 bits per heavy atom. The molecule has 80 valence electrons. The molecule has 0 aliphatic heterocycles. The van der Waals surface area contributed by atoms with Crippen LogP contribution in [0.4, 0.5) is 5.95 Å². The monoisotopic (exact) mass is 214 g/mol. The summed E-state index contributed by atoms with van der Waals surface area (Å²) in [6.45, 7) is 4.32. The second kappa shape index (κ2) is 5.14. The molecule has 5 heteroatoms. The van der Waals surface area contributed by atoms with Crippen LogP contribution < -0.4 is 5.73 Å². The summed E-state index contributed by atoms with van der Waals surface area (Å²) >= 11 is 5.09. The first-order valence-corrected chi connectivity index (χ1v) is 5.50. The summed E-state index contributed by atoms with van der Waals surface area (Å²) in [5.41, 5.74) is 5.70. The maximum atomic E-state index is 5.70. The van der Waals surface area contributed by atoms with Crippen molar-refractivity contribution in [3.8, 4) is 0 Å². The quantitative estimate of drug-likeness (QED) is 0.585. The maximum absolute atomic E-state index is 5.70. The van der Waals surface area contributed by atoms with E-state index >= 15 is 0 Å². The summed E-state index contributed by atoms with van der Waals surface area (Å²) in [6.07, 6.45) is 4.81. The lowest BCUT2D eigenvalue weighted by Gasteiger charge is -2.13. The van der Waals surface area contributed by atoms with Gasteiger partial charge in [0.25, 0.3) is 0 Å². The lowest BCUT2D eigenvalue weighted by molar-refractivity contribution is 0.477. The summed E-state index contributed by atoms with van der Waals surface area (Å²) in [4.78, 5) is 0. The third-order valence-corrected chi connectivity index (χ3v) is 2.69. The molecule has 1 rings (SSSR count). The highest BCUT2D eigenvalue weighted by molar-refractivity contribution is 7.71. The second-order valence-electron chi connectivity index (χ2n) is 3.60. The second-order valence-corrected chi connectivity index (χ2v) is 3.99. The number of nitrogen functional groups attached to an aromatic ring is 1. The van der Waals surface area contributed by atoms with Crippen LogP contribution in [0.15, 0.2) is 0 Å². The van der Waals surface area contributed by atoms with Crippen LogP contribution in [0, 0.1) is 4.77 Å². The molecule has 0 saturated heterocycles. The average molecular weight is 214 g/mol. The van der Waals surface area contributed by atoms with Gasteiger partial charge in [-0.2, -0.15) is 0 Å². The minimum absolute atomic E-state index is 0.341. The van der Waals surface area contributed by atoms with E-state index in [1.165, 1.54) is 19.3 Å². The normalized spacial score (nSPS) is 13.0. The standard InChI is InChI=1S/C9H18N4S/c1-3-4-5-6-7(2)13-8(10)11-12-9(13)14/h7H,3-6H2,1-2H3,(H2,10,11)(H,12,14). The van der Waals surface area contributed by atoms with E-state index in [1.54, 1.807) is 0 Å². The van der Waals surface area contributed by atoms with Crippen LogP contribution in [0.3, 0.4) is 0 Å². The van der Waals surface area contributed by atoms with Gasteiger partial charge in [-0.15, -0.1) is 5.10 Å². The van der Waals surface area contributed by atoms with Gasteiger partial charge < -0.3 is 5.73 Å². The van der Waals surface area contributed by atoms with Gasteiger partial charge in [-0.25, -0.2) is 5.10 Å². The van der Waals surface area contributed by atoms with E-state index in [1.807, 2.05) is 4.57 Å². The van der Waals surface area contributed by atoms with E-state index in [0.717, 1.165) is 6.42 Å². The molecule has 0 aliphatic carbocycles. The molecule has 0 fully saturated rings. The van der Waals surface area contributed by atoms with E-state index in [2.05, 4.69) is 24.0 Å². The van der Waals surface area contributed by atoms with Crippen LogP contribution in [0.25, 0.3) is 0 Å². The van der Waals surface area contributed by atoms with Crippen molar-refractivity contribution < 1.29 is 0 Å². The molecular weight excluding hydrogens is 196 g/mol. The van der Waals surface area contributed by atoms with Gasteiger partial charge in [0.2, 0.25) is 5.95 Å². The first-order valence-electron chi connectivity index (χ1n) is 5.09. The SMILES string of the molecule is CCCCCC(C)n1c(N)n[nH]c1=S. The molecule has 0 saturated carbocycles. The summed E-state index contributed by atoms with van der Waals surface area (Å²) in [5, 5.41) is 6.59. The van der Waals surface area contributed by atoms with Crippen molar-refractivity contribution in [3.05, 3.63) is 4.77 Å². The average Bonchev–Trinajstić information content (AvgIpc) is 2.46. The van der Waals surface area contributed by atoms with Crippen molar-refractivity contribution in [3.63, 3.8) is 0 Å². The van der Waals surface area contributed by atoms with E-state index in [9.17, 15) is 0 Å². The Morgan fingerprint density at radius 3 is 2.79 bits per heavy atom. The van der Waals surface area contributed by atoms with Gasteiger partial charge in [-0.1, -0.05) is 26.2 Å². The Morgan fingerprint density at radius 2 is 2.29 bits per heavy atom. The number of nitrogens with one attached hydrogen (secondary N) is 1. The number of H-pyrrole nitrogens is 1. The predicted molar refractivity (Wildman–Crippen MR) is 60.7 cm³/mol. The van der Waals surface area contributed by atoms with Crippen LogP contribution in [-0.4, -0.2) is 14.8 Å². The number of aromatic nitrogens is 3. The van der Waals surface area contributed by atoms with Gasteiger partial charge >= 0.3 is 0 Å². The van der Waals surface area contributed by atoms with Gasteiger partial charge in [0, 0.05) is 6.04 Å². The van der Waals surface area contributed by atoms with Crippen LogP contribution in [-0.2, 0) is 0 Å². The van der Waals surface area contributed by atoms with Gasteiger partial charge in [-0.05, 0) is 25.6 Å². The number of aromatic amines is 1. The van der Waals surface area contributed by atoms with Crippen molar-refractivity contribution in [1.82, 2.24) is 14.8 Å². The Labute approximate surface area is 89.5 Å². The summed E-state index contributed by atoms with van der Waals surface area (Å²) in [5.74, 6) is 0.485.